The number of hydrogen-bond donors (Lipinski definition) is 1. The Morgan fingerprint density at radius 1 is 1.16 bits per heavy atom. The van der Waals surface area contributed by atoms with E-state index in [0.29, 0.717) is 20.9 Å². The van der Waals surface area contributed by atoms with Crippen LogP contribution >= 0.6 is 27.5 Å². The van der Waals surface area contributed by atoms with E-state index in [9.17, 15) is 13.2 Å². The van der Waals surface area contributed by atoms with E-state index in [1.807, 2.05) is 19.9 Å². The highest BCUT2D eigenvalue weighted by Gasteiger charge is 2.21. The fourth-order valence-electron chi connectivity index (χ4n) is 2.40. The van der Waals surface area contributed by atoms with Gasteiger partial charge >= 0.3 is 0 Å². The van der Waals surface area contributed by atoms with Gasteiger partial charge in [0.1, 0.15) is 6.54 Å². The first-order valence-corrected chi connectivity index (χ1v) is 10.4. The number of sulfonamides is 1. The summed E-state index contributed by atoms with van der Waals surface area (Å²) in [6.45, 7) is 3.43. The number of nitrogens with one attached hydrogen (secondary N) is 1. The van der Waals surface area contributed by atoms with Crippen molar-refractivity contribution >= 4 is 54.8 Å². The lowest BCUT2D eigenvalue weighted by molar-refractivity contribution is -0.114. The van der Waals surface area contributed by atoms with Crippen molar-refractivity contribution in [2.24, 2.45) is 0 Å². The molecule has 0 aliphatic carbocycles. The molecule has 8 heteroatoms. The summed E-state index contributed by atoms with van der Waals surface area (Å²) in [5.41, 5.74) is 2.79. The van der Waals surface area contributed by atoms with Gasteiger partial charge in [-0.25, -0.2) is 8.42 Å². The molecule has 2 rings (SSSR count). The van der Waals surface area contributed by atoms with E-state index in [0.717, 1.165) is 21.7 Å². The summed E-state index contributed by atoms with van der Waals surface area (Å²) in [6.07, 6.45) is 1.08. The van der Waals surface area contributed by atoms with Crippen molar-refractivity contribution in [1.29, 1.82) is 0 Å². The summed E-state index contributed by atoms with van der Waals surface area (Å²) in [7, 11) is -3.61. The van der Waals surface area contributed by atoms with Crippen LogP contribution in [0.3, 0.4) is 0 Å². The summed E-state index contributed by atoms with van der Waals surface area (Å²) in [5, 5.41) is 3.11. The number of rotatable bonds is 5. The zero-order valence-electron chi connectivity index (χ0n) is 14.0. The van der Waals surface area contributed by atoms with Crippen LogP contribution in [0.15, 0.2) is 40.9 Å². The summed E-state index contributed by atoms with van der Waals surface area (Å²) >= 11 is 9.28. The summed E-state index contributed by atoms with van der Waals surface area (Å²) in [5.74, 6) is -0.456. The van der Waals surface area contributed by atoms with Gasteiger partial charge in [0, 0.05) is 10.2 Å². The van der Waals surface area contributed by atoms with Crippen molar-refractivity contribution in [3.63, 3.8) is 0 Å². The molecule has 0 bridgehead atoms. The van der Waals surface area contributed by atoms with Gasteiger partial charge in [0.15, 0.2) is 0 Å². The molecule has 5 nitrogen and oxygen atoms in total. The van der Waals surface area contributed by atoms with E-state index >= 15 is 0 Å². The molecular formula is C17H18BrClN2O3S. The van der Waals surface area contributed by atoms with Gasteiger partial charge in [0.25, 0.3) is 0 Å². The van der Waals surface area contributed by atoms with Crippen molar-refractivity contribution in [3.8, 4) is 0 Å². The Kier molecular flexibility index (Phi) is 6.13. The zero-order chi connectivity index (χ0) is 18.8. The largest absolute Gasteiger partial charge is 0.324 e. The first-order chi connectivity index (χ1) is 11.6. The topological polar surface area (TPSA) is 66.5 Å². The molecular weight excluding hydrogens is 428 g/mol. The average Bonchev–Trinajstić information content (AvgIpc) is 2.46. The number of amides is 1. The third-order valence-corrected chi connectivity index (χ3v) is 5.76. The standard InChI is InChI=1S/C17H18BrClN2O3S/c1-11-6-12(2)8-14(7-11)21(25(3,23)24)10-17(22)20-13-4-5-15(18)16(19)9-13/h4-9H,10H2,1-3H3,(H,20,22). The van der Waals surface area contributed by atoms with Gasteiger partial charge in [0.2, 0.25) is 15.9 Å². The van der Waals surface area contributed by atoms with Crippen molar-refractivity contribution in [1.82, 2.24) is 0 Å². The fraction of sp³-hybridized carbons (Fsp3) is 0.235. The first kappa shape index (κ1) is 19.8. The van der Waals surface area contributed by atoms with Crippen LogP contribution in [0.2, 0.25) is 5.02 Å². The third-order valence-electron chi connectivity index (χ3n) is 3.39. The Morgan fingerprint density at radius 2 is 1.76 bits per heavy atom. The Balaban J connectivity index is 2.25. The minimum atomic E-state index is -3.61. The van der Waals surface area contributed by atoms with E-state index < -0.39 is 15.9 Å². The highest BCUT2D eigenvalue weighted by molar-refractivity contribution is 9.10. The fourth-order valence-corrected chi connectivity index (χ4v) is 3.67. The van der Waals surface area contributed by atoms with Crippen molar-refractivity contribution in [2.45, 2.75) is 13.8 Å². The molecule has 0 spiro atoms. The molecule has 0 saturated carbocycles. The second-order valence-corrected chi connectivity index (χ2v) is 8.96. The summed E-state index contributed by atoms with van der Waals surface area (Å²) < 4.78 is 26.1. The Bertz CT molecular complexity index is 896. The number of hydrogen-bond acceptors (Lipinski definition) is 3. The number of carbonyl (C=O) groups is 1. The van der Waals surface area contributed by atoms with Gasteiger partial charge in [-0.15, -0.1) is 0 Å². The van der Waals surface area contributed by atoms with Crippen LogP contribution in [0.1, 0.15) is 11.1 Å². The van der Waals surface area contributed by atoms with Crippen LogP contribution in [-0.4, -0.2) is 27.1 Å². The van der Waals surface area contributed by atoms with Gasteiger partial charge in [0.05, 0.1) is 17.0 Å². The monoisotopic (exact) mass is 444 g/mol. The van der Waals surface area contributed by atoms with Crippen molar-refractivity contribution in [2.75, 3.05) is 22.4 Å². The molecule has 0 radical (unpaired) electrons. The lowest BCUT2D eigenvalue weighted by Gasteiger charge is -2.23. The number of nitrogens with zero attached hydrogens (tertiary/aromatic N) is 1. The number of halogens is 2. The normalized spacial score (nSPS) is 11.2. The zero-order valence-corrected chi connectivity index (χ0v) is 17.2. The van der Waals surface area contributed by atoms with Gasteiger partial charge in [-0.05, 0) is 71.2 Å². The quantitative estimate of drug-likeness (QED) is 0.752. The second kappa shape index (κ2) is 7.76. The lowest BCUT2D eigenvalue weighted by Crippen LogP contribution is -2.37. The lowest BCUT2D eigenvalue weighted by atomic mass is 10.1. The van der Waals surface area contributed by atoms with Gasteiger partial charge in [-0.2, -0.15) is 0 Å². The highest BCUT2D eigenvalue weighted by atomic mass is 79.9. The van der Waals surface area contributed by atoms with E-state index in [1.165, 1.54) is 0 Å². The maximum absolute atomic E-state index is 12.3. The molecule has 0 aromatic heterocycles. The van der Waals surface area contributed by atoms with Gasteiger partial charge < -0.3 is 5.32 Å². The maximum atomic E-state index is 12.3. The van der Waals surface area contributed by atoms with Gasteiger partial charge in [-0.1, -0.05) is 17.7 Å². The smallest absolute Gasteiger partial charge is 0.245 e. The average molecular weight is 446 g/mol. The molecule has 2 aromatic carbocycles. The summed E-state index contributed by atoms with van der Waals surface area (Å²) in [4.78, 5) is 12.3. The van der Waals surface area contributed by atoms with Crippen LogP contribution in [0.4, 0.5) is 11.4 Å². The number of anilines is 2. The SMILES string of the molecule is Cc1cc(C)cc(N(CC(=O)Nc2ccc(Br)c(Cl)c2)S(C)(=O)=O)c1. The molecule has 0 heterocycles. The maximum Gasteiger partial charge on any atom is 0.245 e. The number of aryl methyl sites for hydroxylation is 2. The predicted molar refractivity (Wildman–Crippen MR) is 106 cm³/mol. The first-order valence-electron chi connectivity index (χ1n) is 7.37. The molecule has 0 unspecified atom stereocenters. The number of benzene rings is 2. The molecule has 0 fully saturated rings. The molecule has 2 aromatic rings. The molecule has 1 N–H and O–H groups in total. The van der Waals surface area contributed by atoms with Crippen molar-refractivity contribution in [3.05, 3.63) is 57.0 Å². The minimum absolute atomic E-state index is 0.324. The molecule has 1 amide bonds. The second-order valence-electron chi connectivity index (χ2n) is 5.79. The molecule has 0 saturated heterocycles. The molecule has 0 aliphatic rings. The Morgan fingerprint density at radius 3 is 2.28 bits per heavy atom. The third kappa shape index (κ3) is 5.45. The van der Waals surface area contributed by atoms with Crippen LogP contribution in [0, 0.1) is 13.8 Å². The molecule has 134 valence electrons. The van der Waals surface area contributed by atoms with E-state index in [2.05, 4.69) is 21.2 Å². The molecule has 25 heavy (non-hydrogen) atoms. The highest BCUT2D eigenvalue weighted by Crippen LogP contribution is 2.26. The van der Waals surface area contributed by atoms with Crippen LogP contribution in [0.25, 0.3) is 0 Å². The summed E-state index contributed by atoms with van der Waals surface area (Å²) in [6, 6.07) is 10.4. The van der Waals surface area contributed by atoms with E-state index in [-0.39, 0.29) is 6.54 Å². The van der Waals surface area contributed by atoms with Crippen molar-refractivity contribution < 1.29 is 13.2 Å². The Labute approximate surface area is 161 Å². The Hall–Kier alpha value is -1.57. The van der Waals surface area contributed by atoms with Crippen LogP contribution < -0.4 is 9.62 Å². The molecule has 0 aliphatic heterocycles. The minimum Gasteiger partial charge on any atom is -0.324 e. The van der Waals surface area contributed by atoms with Crippen LogP contribution in [-0.2, 0) is 14.8 Å². The van der Waals surface area contributed by atoms with E-state index in [1.54, 1.807) is 30.3 Å². The predicted octanol–water partition coefficient (Wildman–Crippen LogP) is 4.12. The van der Waals surface area contributed by atoms with Gasteiger partial charge in [-0.3, -0.25) is 9.10 Å². The van der Waals surface area contributed by atoms with E-state index in [4.69, 9.17) is 11.6 Å². The number of carbonyl (C=O) groups excluding carboxylic acids is 1. The molecule has 0 atom stereocenters. The van der Waals surface area contributed by atoms with Crippen LogP contribution in [0.5, 0.6) is 0 Å².